The highest BCUT2D eigenvalue weighted by Crippen LogP contribution is 2.41. The largest absolute Gasteiger partial charge is 0.355 e. The van der Waals surface area contributed by atoms with Crippen LogP contribution in [0.2, 0.25) is 0 Å². The lowest BCUT2D eigenvalue weighted by molar-refractivity contribution is 0.296. The van der Waals surface area contributed by atoms with Crippen LogP contribution in [0.25, 0.3) is 0 Å². The summed E-state index contributed by atoms with van der Waals surface area (Å²) in [7, 11) is -1.41. The van der Waals surface area contributed by atoms with Gasteiger partial charge in [-0.05, 0) is 38.1 Å². The van der Waals surface area contributed by atoms with E-state index in [1.165, 1.54) is 43.2 Å². The number of nitrogens with one attached hydrogen (secondary N) is 2. The Morgan fingerprint density at radius 2 is 1.96 bits per heavy atom. The Hall–Kier alpha value is -1.08. The van der Waals surface area contributed by atoms with Gasteiger partial charge in [0.2, 0.25) is 0 Å². The predicted octanol–water partition coefficient (Wildman–Crippen LogP) is 2.94. The molecule has 0 amide bonds. The highest BCUT2D eigenvalue weighted by molar-refractivity contribution is 7.92. The molecule has 2 rings (SSSR count). The molecule has 7 heteroatoms. The molecule has 0 aromatic carbocycles. The fourth-order valence-electron chi connectivity index (χ4n) is 3.22. The maximum atomic E-state index is 11.9. The Labute approximate surface area is 156 Å². The molecular weight excluding hydrogens is 354 g/mol. The Balaban J connectivity index is 2.01. The molecule has 1 aromatic heterocycles. The number of rotatable bonds is 6. The van der Waals surface area contributed by atoms with Crippen LogP contribution >= 0.6 is 11.3 Å². The molecule has 1 aliphatic carbocycles. The van der Waals surface area contributed by atoms with Gasteiger partial charge in [0.1, 0.15) is 0 Å². The zero-order valence-electron chi connectivity index (χ0n) is 15.8. The molecule has 25 heavy (non-hydrogen) atoms. The van der Waals surface area contributed by atoms with Crippen molar-refractivity contribution in [3.8, 4) is 0 Å². The van der Waals surface area contributed by atoms with Crippen LogP contribution in [0.15, 0.2) is 22.5 Å². The first-order valence-electron chi connectivity index (χ1n) is 8.88. The Morgan fingerprint density at radius 3 is 2.48 bits per heavy atom. The molecule has 0 atom stereocenters. The molecule has 1 aromatic rings. The molecule has 0 radical (unpaired) electrons. The molecule has 1 heterocycles. The van der Waals surface area contributed by atoms with E-state index in [4.69, 9.17) is 0 Å². The van der Waals surface area contributed by atoms with Crippen LogP contribution < -0.4 is 10.6 Å². The summed E-state index contributed by atoms with van der Waals surface area (Å²) in [5.41, 5.74) is 0.163. The van der Waals surface area contributed by atoms with Crippen molar-refractivity contribution >= 4 is 27.1 Å². The average Bonchev–Trinajstić information content (AvgIpc) is 3.10. The van der Waals surface area contributed by atoms with Crippen LogP contribution in [0.4, 0.5) is 0 Å². The summed E-state index contributed by atoms with van der Waals surface area (Å²) in [6, 6.07) is 4.36. The lowest BCUT2D eigenvalue weighted by Gasteiger charge is -2.37. The van der Waals surface area contributed by atoms with Crippen molar-refractivity contribution in [2.75, 3.05) is 26.4 Å². The van der Waals surface area contributed by atoms with Crippen LogP contribution in [0.1, 0.15) is 50.8 Å². The third-order valence-electron chi connectivity index (χ3n) is 5.36. The molecule has 0 spiro atoms. The second-order valence-corrected chi connectivity index (χ2v) is 11.2. The Kier molecular flexibility index (Phi) is 6.54. The molecule has 142 valence electrons. The van der Waals surface area contributed by atoms with E-state index in [2.05, 4.69) is 33.1 Å². The van der Waals surface area contributed by atoms with Gasteiger partial charge in [0.25, 0.3) is 0 Å². The van der Waals surface area contributed by atoms with E-state index in [-0.39, 0.29) is 5.41 Å². The third-order valence-corrected chi connectivity index (χ3v) is 8.63. The Bertz CT molecular complexity index is 673. The minimum Gasteiger partial charge on any atom is -0.355 e. The van der Waals surface area contributed by atoms with Crippen LogP contribution in [0.5, 0.6) is 0 Å². The smallest absolute Gasteiger partial charge is 0.191 e. The first-order valence-corrected chi connectivity index (χ1v) is 11.7. The molecule has 1 aliphatic rings. The molecular formula is C18H31N3O2S2. The molecule has 0 aliphatic heterocycles. The van der Waals surface area contributed by atoms with Gasteiger partial charge < -0.3 is 10.6 Å². The highest BCUT2D eigenvalue weighted by Gasteiger charge is 2.35. The lowest BCUT2D eigenvalue weighted by Crippen LogP contribution is -2.50. The molecule has 0 unspecified atom stereocenters. The van der Waals surface area contributed by atoms with Gasteiger partial charge in [-0.2, -0.15) is 0 Å². The standard InChI is InChI=1S/C18H31N3O2S2/c1-17(2,25(4,22)23)13-20-16(19-3)21-14-18(10-6-5-7-11-18)15-9-8-12-24-15/h8-9,12H,5-7,10-11,13-14H2,1-4H3,(H2,19,20,21). The van der Waals surface area contributed by atoms with Crippen molar-refractivity contribution in [1.82, 2.24) is 10.6 Å². The quantitative estimate of drug-likeness (QED) is 0.583. The molecule has 1 saturated carbocycles. The van der Waals surface area contributed by atoms with Crippen molar-refractivity contribution in [1.29, 1.82) is 0 Å². The van der Waals surface area contributed by atoms with E-state index in [1.54, 1.807) is 20.9 Å². The minimum atomic E-state index is -3.13. The third kappa shape index (κ3) is 4.97. The van der Waals surface area contributed by atoms with Crippen LogP contribution in [0, 0.1) is 0 Å². The van der Waals surface area contributed by atoms with Crippen LogP contribution in [0.3, 0.4) is 0 Å². The van der Waals surface area contributed by atoms with E-state index in [9.17, 15) is 8.42 Å². The van der Waals surface area contributed by atoms with Crippen molar-refractivity contribution in [2.45, 2.75) is 56.1 Å². The number of hydrogen-bond acceptors (Lipinski definition) is 4. The maximum absolute atomic E-state index is 11.9. The number of nitrogens with zero attached hydrogens (tertiary/aromatic N) is 1. The number of aliphatic imine (C=N–C) groups is 1. The summed E-state index contributed by atoms with van der Waals surface area (Å²) in [4.78, 5) is 5.71. The van der Waals surface area contributed by atoms with Crippen molar-refractivity contribution in [2.24, 2.45) is 4.99 Å². The topological polar surface area (TPSA) is 70.6 Å². The van der Waals surface area contributed by atoms with Gasteiger partial charge in [-0.15, -0.1) is 11.3 Å². The summed E-state index contributed by atoms with van der Waals surface area (Å²) in [6.45, 7) is 4.62. The number of hydrogen-bond donors (Lipinski definition) is 2. The first-order chi connectivity index (χ1) is 11.7. The first kappa shape index (κ1) is 20.2. The van der Waals surface area contributed by atoms with Crippen molar-refractivity contribution < 1.29 is 8.42 Å². The summed E-state index contributed by atoms with van der Waals surface area (Å²) in [5.74, 6) is 0.665. The number of thiophene rings is 1. The lowest BCUT2D eigenvalue weighted by atomic mass is 9.73. The van der Waals surface area contributed by atoms with Crippen molar-refractivity contribution in [3.63, 3.8) is 0 Å². The summed E-state index contributed by atoms with van der Waals surface area (Å²) >= 11 is 1.83. The predicted molar refractivity (Wildman–Crippen MR) is 107 cm³/mol. The molecule has 1 fully saturated rings. The fraction of sp³-hybridized carbons (Fsp3) is 0.722. The summed E-state index contributed by atoms with van der Waals surface area (Å²) in [6.07, 6.45) is 7.47. The SMILES string of the molecule is CN=C(NCC1(c2cccs2)CCCCC1)NCC(C)(C)S(C)(=O)=O. The molecule has 0 bridgehead atoms. The average molecular weight is 386 g/mol. The van der Waals surface area contributed by atoms with Gasteiger partial charge in [-0.25, -0.2) is 8.42 Å². The van der Waals surface area contributed by atoms with E-state index < -0.39 is 14.6 Å². The highest BCUT2D eigenvalue weighted by atomic mass is 32.2. The number of sulfone groups is 1. The second-order valence-electron chi connectivity index (χ2n) is 7.63. The van der Waals surface area contributed by atoms with Gasteiger partial charge in [-0.1, -0.05) is 25.3 Å². The van der Waals surface area contributed by atoms with Gasteiger partial charge in [0.05, 0.1) is 4.75 Å². The minimum absolute atomic E-state index is 0.163. The second kappa shape index (κ2) is 8.08. The Morgan fingerprint density at radius 1 is 1.28 bits per heavy atom. The maximum Gasteiger partial charge on any atom is 0.191 e. The zero-order chi connectivity index (χ0) is 18.6. The monoisotopic (exact) mass is 385 g/mol. The van der Waals surface area contributed by atoms with Crippen LogP contribution in [-0.4, -0.2) is 45.5 Å². The molecule has 5 nitrogen and oxygen atoms in total. The zero-order valence-corrected chi connectivity index (χ0v) is 17.4. The van der Waals surface area contributed by atoms with E-state index in [0.717, 1.165) is 6.54 Å². The normalized spacial score (nSPS) is 18.8. The van der Waals surface area contributed by atoms with E-state index >= 15 is 0 Å². The van der Waals surface area contributed by atoms with Gasteiger partial charge in [0.15, 0.2) is 15.8 Å². The molecule has 2 N–H and O–H groups in total. The van der Waals surface area contributed by atoms with E-state index in [0.29, 0.717) is 12.5 Å². The number of guanidine groups is 1. The van der Waals surface area contributed by atoms with Gasteiger partial charge in [-0.3, -0.25) is 4.99 Å². The summed E-state index contributed by atoms with van der Waals surface area (Å²) < 4.78 is 22.9. The van der Waals surface area contributed by atoms with Gasteiger partial charge >= 0.3 is 0 Å². The fourth-order valence-corrected chi connectivity index (χ4v) is 4.54. The van der Waals surface area contributed by atoms with Crippen molar-refractivity contribution in [3.05, 3.63) is 22.4 Å². The summed E-state index contributed by atoms with van der Waals surface area (Å²) in [5, 5.41) is 8.77. The van der Waals surface area contributed by atoms with E-state index in [1.807, 2.05) is 11.3 Å². The van der Waals surface area contributed by atoms with Crippen LogP contribution in [-0.2, 0) is 15.3 Å². The van der Waals surface area contributed by atoms with Gasteiger partial charge in [0, 0.05) is 36.7 Å². The molecule has 0 saturated heterocycles.